The van der Waals surface area contributed by atoms with Crippen molar-refractivity contribution in [3.05, 3.63) is 30.1 Å². The molecular formula is C11H15NO. The average Bonchev–Trinajstić information content (AvgIpc) is 2.83. The zero-order valence-electron chi connectivity index (χ0n) is 8.10. The molecule has 0 saturated carbocycles. The zero-order valence-corrected chi connectivity index (χ0v) is 8.10. The molecule has 3 atom stereocenters. The van der Waals surface area contributed by atoms with Gasteiger partial charge in [-0.1, -0.05) is 13.0 Å². The second kappa shape index (κ2) is 3.46. The van der Waals surface area contributed by atoms with Crippen molar-refractivity contribution in [1.29, 1.82) is 0 Å². The monoisotopic (exact) mass is 177 g/mol. The lowest BCUT2D eigenvalue weighted by Crippen LogP contribution is -2.00. The second-order valence-corrected chi connectivity index (χ2v) is 3.80. The highest BCUT2D eigenvalue weighted by Crippen LogP contribution is 2.31. The third-order valence-corrected chi connectivity index (χ3v) is 2.68. The van der Waals surface area contributed by atoms with Crippen molar-refractivity contribution in [2.45, 2.75) is 38.4 Å². The van der Waals surface area contributed by atoms with Gasteiger partial charge in [-0.25, -0.2) is 0 Å². The summed E-state index contributed by atoms with van der Waals surface area (Å²) in [7, 11) is 0. The van der Waals surface area contributed by atoms with E-state index in [2.05, 4.69) is 24.9 Å². The summed E-state index contributed by atoms with van der Waals surface area (Å²) in [5.41, 5.74) is 1.31. The van der Waals surface area contributed by atoms with Crippen LogP contribution in [0, 0.1) is 0 Å². The molecule has 0 aliphatic carbocycles. The minimum Gasteiger partial charge on any atom is -0.370 e. The van der Waals surface area contributed by atoms with Gasteiger partial charge < -0.3 is 4.74 Å². The Labute approximate surface area is 78.9 Å². The molecule has 13 heavy (non-hydrogen) atoms. The fourth-order valence-corrected chi connectivity index (χ4v) is 1.63. The summed E-state index contributed by atoms with van der Waals surface area (Å²) in [6.07, 6.45) is 5.83. The molecule has 1 saturated heterocycles. The maximum absolute atomic E-state index is 5.39. The van der Waals surface area contributed by atoms with E-state index in [0.29, 0.717) is 18.1 Å². The summed E-state index contributed by atoms with van der Waals surface area (Å²) in [5.74, 6) is 0.559. The Morgan fingerprint density at radius 3 is 2.92 bits per heavy atom. The molecule has 0 N–H and O–H groups in total. The van der Waals surface area contributed by atoms with E-state index in [9.17, 15) is 0 Å². The maximum atomic E-state index is 5.39. The van der Waals surface area contributed by atoms with E-state index < -0.39 is 0 Å². The Kier molecular flexibility index (Phi) is 2.32. The Balaban J connectivity index is 1.94. The lowest BCUT2D eigenvalue weighted by atomic mass is 9.97. The number of nitrogens with zero attached hydrogens (tertiary/aromatic N) is 1. The molecule has 0 aromatic carbocycles. The normalized spacial score (nSPS) is 28.5. The molecule has 2 heterocycles. The fraction of sp³-hybridized carbons (Fsp3) is 0.545. The zero-order chi connectivity index (χ0) is 9.26. The van der Waals surface area contributed by atoms with Crippen LogP contribution < -0.4 is 0 Å². The molecule has 0 spiro atoms. The Bertz CT molecular complexity index is 273. The molecule has 1 aromatic heterocycles. The van der Waals surface area contributed by atoms with Crippen molar-refractivity contribution in [1.82, 2.24) is 4.98 Å². The van der Waals surface area contributed by atoms with E-state index in [1.54, 1.807) is 0 Å². The third kappa shape index (κ3) is 2.07. The van der Waals surface area contributed by atoms with Crippen molar-refractivity contribution in [3.63, 3.8) is 0 Å². The molecular weight excluding hydrogens is 162 g/mol. The van der Waals surface area contributed by atoms with Crippen LogP contribution in [0.4, 0.5) is 0 Å². The smallest absolute Gasteiger partial charge is 0.0844 e. The predicted molar refractivity (Wildman–Crippen MR) is 51.6 cm³/mol. The SMILES string of the molecule is CC(CC1OC1C)c1cccnc1. The van der Waals surface area contributed by atoms with E-state index in [1.807, 2.05) is 18.5 Å². The van der Waals surface area contributed by atoms with Gasteiger partial charge in [-0.2, -0.15) is 0 Å². The van der Waals surface area contributed by atoms with Gasteiger partial charge in [-0.05, 0) is 30.9 Å². The number of hydrogen-bond acceptors (Lipinski definition) is 2. The highest BCUT2D eigenvalue weighted by Gasteiger charge is 2.35. The number of rotatable bonds is 3. The first-order valence-corrected chi connectivity index (χ1v) is 4.83. The summed E-state index contributed by atoms with van der Waals surface area (Å²) in [5, 5.41) is 0. The molecule has 0 bridgehead atoms. The van der Waals surface area contributed by atoms with E-state index in [0.717, 1.165) is 6.42 Å². The summed E-state index contributed by atoms with van der Waals surface area (Å²) in [6.45, 7) is 4.35. The van der Waals surface area contributed by atoms with Crippen LogP contribution in [0.25, 0.3) is 0 Å². The minimum atomic E-state index is 0.471. The highest BCUT2D eigenvalue weighted by molar-refractivity contribution is 5.14. The summed E-state index contributed by atoms with van der Waals surface area (Å²) in [6, 6.07) is 4.12. The molecule has 1 aliphatic rings. The van der Waals surface area contributed by atoms with Crippen molar-refractivity contribution in [2.75, 3.05) is 0 Å². The molecule has 3 unspecified atom stereocenters. The summed E-state index contributed by atoms with van der Waals surface area (Å²) < 4.78 is 5.39. The van der Waals surface area contributed by atoms with Gasteiger partial charge in [-0.3, -0.25) is 4.98 Å². The van der Waals surface area contributed by atoms with Gasteiger partial charge in [0, 0.05) is 12.4 Å². The van der Waals surface area contributed by atoms with Gasteiger partial charge in [0.15, 0.2) is 0 Å². The Morgan fingerprint density at radius 1 is 1.62 bits per heavy atom. The van der Waals surface area contributed by atoms with Crippen LogP contribution in [-0.2, 0) is 4.74 Å². The van der Waals surface area contributed by atoms with E-state index in [1.165, 1.54) is 5.56 Å². The number of epoxide rings is 1. The average molecular weight is 177 g/mol. The van der Waals surface area contributed by atoms with Crippen molar-refractivity contribution in [2.24, 2.45) is 0 Å². The van der Waals surface area contributed by atoms with Crippen LogP contribution in [0.15, 0.2) is 24.5 Å². The molecule has 1 aliphatic heterocycles. The van der Waals surface area contributed by atoms with Gasteiger partial charge in [0.2, 0.25) is 0 Å². The standard InChI is InChI=1S/C11H15NO/c1-8(6-11-9(2)13-11)10-4-3-5-12-7-10/h3-5,7-9,11H,6H2,1-2H3. The molecule has 0 radical (unpaired) electrons. The number of ether oxygens (including phenoxy) is 1. The minimum absolute atomic E-state index is 0.471. The second-order valence-electron chi connectivity index (χ2n) is 3.80. The Hall–Kier alpha value is -0.890. The fourth-order valence-electron chi connectivity index (χ4n) is 1.63. The van der Waals surface area contributed by atoms with Crippen LogP contribution in [0.3, 0.4) is 0 Å². The molecule has 1 aromatic rings. The van der Waals surface area contributed by atoms with Crippen LogP contribution in [0.5, 0.6) is 0 Å². The predicted octanol–water partition coefficient (Wildman–Crippen LogP) is 2.36. The number of pyridine rings is 1. The highest BCUT2D eigenvalue weighted by atomic mass is 16.6. The molecule has 70 valence electrons. The van der Waals surface area contributed by atoms with Crippen LogP contribution in [0.1, 0.15) is 31.7 Å². The number of aromatic nitrogens is 1. The van der Waals surface area contributed by atoms with E-state index in [4.69, 9.17) is 4.74 Å². The van der Waals surface area contributed by atoms with Crippen molar-refractivity contribution in [3.8, 4) is 0 Å². The lowest BCUT2D eigenvalue weighted by Gasteiger charge is -2.08. The van der Waals surface area contributed by atoms with Gasteiger partial charge >= 0.3 is 0 Å². The van der Waals surface area contributed by atoms with E-state index in [-0.39, 0.29) is 0 Å². The van der Waals surface area contributed by atoms with Crippen molar-refractivity contribution < 1.29 is 4.74 Å². The first-order chi connectivity index (χ1) is 6.27. The lowest BCUT2D eigenvalue weighted by molar-refractivity contribution is 0.362. The van der Waals surface area contributed by atoms with Crippen LogP contribution >= 0.6 is 0 Å². The van der Waals surface area contributed by atoms with Crippen molar-refractivity contribution >= 4 is 0 Å². The first-order valence-electron chi connectivity index (χ1n) is 4.83. The molecule has 2 nitrogen and oxygen atoms in total. The van der Waals surface area contributed by atoms with Crippen LogP contribution in [-0.4, -0.2) is 17.2 Å². The summed E-state index contributed by atoms with van der Waals surface area (Å²) in [4.78, 5) is 4.11. The van der Waals surface area contributed by atoms with Gasteiger partial charge in [0.05, 0.1) is 12.2 Å². The quantitative estimate of drug-likeness (QED) is 0.662. The molecule has 2 heteroatoms. The molecule has 2 rings (SSSR count). The summed E-state index contributed by atoms with van der Waals surface area (Å²) >= 11 is 0. The van der Waals surface area contributed by atoms with Gasteiger partial charge in [-0.15, -0.1) is 0 Å². The van der Waals surface area contributed by atoms with Gasteiger partial charge in [0.1, 0.15) is 0 Å². The topological polar surface area (TPSA) is 25.4 Å². The first kappa shape index (κ1) is 8.70. The largest absolute Gasteiger partial charge is 0.370 e. The number of hydrogen-bond donors (Lipinski definition) is 0. The Morgan fingerprint density at radius 2 is 2.38 bits per heavy atom. The third-order valence-electron chi connectivity index (χ3n) is 2.68. The molecule has 1 fully saturated rings. The van der Waals surface area contributed by atoms with Crippen LogP contribution in [0.2, 0.25) is 0 Å². The van der Waals surface area contributed by atoms with E-state index >= 15 is 0 Å². The molecule has 0 amide bonds. The van der Waals surface area contributed by atoms with Gasteiger partial charge in [0.25, 0.3) is 0 Å². The maximum Gasteiger partial charge on any atom is 0.0844 e.